The van der Waals surface area contributed by atoms with Crippen LogP contribution in [0.4, 0.5) is 0 Å². The number of carbonyl (C=O) groups excluding carboxylic acids is 1. The summed E-state index contributed by atoms with van der Waals surface area (Å²) in [5.74, 6) is 3.34. The van der Waals surface area contributed by atoms with Crippen molar-refractivity contribution in [2.45, 2.75) is 66.5 Å². The van der Waals surface area contributed by atoms with E-state index in [0.717, 1.165) is 44.3 Å². The van der Waals surface area contributed by atoms with Crippen molar-refractivity contribution in [2.75, 3.05) is 19.6 Å². The molecule has 3 heteroatoms. The average molecular weight is 449 g/mol. The van der Waals surface area contributed by atoms with Crippen LogP contribution in [-0.2, 0) is 17.9 Å². The second-order valence-electron chi connectivity index (χ2n) is 10.3. The minimum absolute atomic E-state index is 0.319. The van der Waals surface area contributed by atoms with Gasteiger partial charge in [0.2, 0.25) is 5.91 Å². The zero-order valence-corrected chi connectivity index (χ0v) is 21.2. The van der Waals surface area contributed by atoms with Crippen molar-refractivity contribution in [3.63, 3.8) is 0 Å². The summed E-state index contributed by atoms with van der Waals surface area (Å²) in [6, 6.07) is 21.1. The Bertz CT molecular complexity index is 822. The number of benzene rings is 2. The Morgan fingerprint density at radius 2 is 1.33 bits per heavy atom. The monoisotopic (exact) mass is 448 g/mol. The first-order valence-corrected chi connectivity index (χ1v) is 13.1. The Hall–Kier alpha value is -2.13. The van der Waals surface area contributed by atoms with Crippen molar-refractivity contribution in [3.05, 3.63) is 71.8 Å². The molecule has 0 saturated carbocycles. The van der Waals surface area contributed by atoms with Crippen LogP contribution in [0.3, 0.4) is 0 Å². The van der Waals surface area contributed by atoms with E-state index in [0.29, 0.717) is 17.7 Å². The lowest BCUT2D eigenvalue weighted by atomic mass is 9.91. The predicted molar refractivity (Wildman–Crippen MR) is 139 cm³/mol. The van der Waals surface area contributed by atoms with E-state index in [-0.39, 0.29) is 0 Å². The summed E-state index contributed by atoms with van der Waals surface area (Å²) >= 11 is 0. The van der Waals surface area contributed by atoms with Crippen LogP contribution in [0.2, 0.25) is 0 Å². The lowest BCUT2D eigenvalue weighted by Gasteiger charge is -2.19. The van der Waals surface area contributed by atoms with Gasteiger partial charge in [0.15, 0.2) is 0 Å². The van der Waals surface area contributed by atoms with Gasteiger partial charge in [0, 0.05) is 32.6 Å². The Kier molecular flexibility index (Phi) is 9.99. The van der Waals surface area contributed by atoms with E-state index in [1.807, 2.05) is 23.1 Å². The second kappa shape index (κ2) is 12.9. The molecule has 0 spiro atoms. The van der Waals surface area contributed by atoms with E-state index in [4.69, 9.17) is 0 Å². The van der Waals surface area contributed by atoms with Crippen LogP contribution < -0.4 is 0 Å². The third-order valence-electron chi connectivity index (χ3n) is 7.92. The maximum absolute atomic E-state index is 11.9. The SMILES string of the molecule is CC[C@H](C)[C@@H]1CC(=O)N(Cc2ccccc2)C1.CC[C@H](C)[C@@H]1CCN(Cc2ccccc2)C1. The molecule has 0 aromatic heterocycles. The molecular formula is C30H44N2O. The minimum Gasteiger partial charge on any atom is -0.338 e. The fourth-order valence-corrected chi connectivity index (χ4v) is 5.12. The van der Waals surface area contributed by atoms with Gasteiger partial charge >= 0.3 is 0 Å². The molecule has 1 amide bonds. The molecule has 2 aromatic carbocycles. The highest BCUT2D eigenvalue weighted by Crippen LogP contribution is 2.28. The second-order valence-corrected chi connectivity index (χ2v) is 10.3. The fourth-order valence-electron chi connectivity index (χ4n) is 5.12. The zero-order chi connectivity index (χ0) is 23.6. The van der Waals surface area contributed by atoms with Crippen LogP contribution in [0.5, 0.6) is 0 Å². The highest BCUT2D eigenvalue weighted by molar-refractivity contribution is 5.78. The van der Waals surface area contributed by atoms with E-state index in [2.05, 4.69) is 75.1 Å². The summed E-state index contributed by atoms with van der Waals surface area (Å²) < 4.78 is 0. The number of hydrogen-bond acceptors (Lipinski definition) is 2. The molecule has 2 saturated heterocycles. The minimum atomic E-state index is 0.319. The van der Waals surface area contributed by atoms with Gasteiger partial charge in [-0.2, -0.15) is 0 Å². The molecule has 2 fully saturated rings. The van der Waals surface area contributed by atoms with Crippen LogP contribution in [0.15, 0.2) is 60.7 Å². The normalized spacial score (nSPS) is 22.7. The largest absolute Gasteiger partial charge is 0.338 e. The van der Waals surface area contributed by atoms with E-state index in [1.165, 1.54) is 37.1 Å². The molecule has 2 aromatic rings. The summed E-state index contributed by atoms with van der Waals surface area (Å²) in [6.07, 6.45) is 4.62. The van der Waals surface area contributed by atoms with Gasteiger partial charge in [-0.25, -0.2) is 0 Å². The van der Waals surface area contributed by atoms with E-state index < -0.39 is 0 Å². The summed E-state index contributed by atoms with van der Waals surface area (Å²) in [7, 11) is 0. The number of carbonyl (C=O) groups is 1. The molecule has 0 bridgehead atoms. The molecular weight excluding hydrogens is 404 g/mol. The van der Waals surface area contributed by atoms with E-state index in [9.17, 15) is 4.79 Å². The number of nitrogens with zero attached hydrogens (tertiary/aromatic N) is 2. The molecule has 180 valence electrons. The molecule has 2 heterocycles. The van der Waals surface area contributed by atoms with Crippen LogP contribution >= 0.6 is 0 Å². The molecule has 0 aliphatic carbocycles. The lowest BCUT2D eigenvalue weighted by molar-refractivity contribution is -0.128. The first-order valence-electron chi connectivity index (χ1n) is 13.1. The van der Waals surface area contributed by atoms with Gasteiger partial charge in [-0.3, -0.25) is 9.69 Å². The molecule has 0 radical (unpaired) electrons. The van der Waals surface area contributed by atoms with Crippen molar-refractivity contribution >= 4 is 5.91 Å². The van der Waals surface area contributed by atoms with Gasteiger partial charge in [0.25, 0.3) is 0 Å². The Labute approximate surface area is 202 Å². The molecule has 4 rings (SSSR count). The smallest absolute Gasteiger partial charge is 0.223 e. The molecule has 4 atom stereocenters. The van der Waals surface area contributed by atoms with Crippen LogP contribution in [0.25, 0.3) is 0 Å². The summed E-state index contributed by atoms with van der Waals surface area (Å²) in [5, 5.41) is 0. The Morgan fingerprint density at radius 1 is 0.788 bits per heavy atom. The average Bonchev–Trinajstić information content (AvgIpc) is 3.46. The zero-order valence-electron chi connectivity index (χ0n) is 21.2. The highest BCUT2D eigenvalue weighted by Gasteiger charge is 2.32. The summed E-state index contributed by atoms with van der Waals surface area (Å²) in [4.78, 5) is 16.5. The molecule has 33 heavy (non-hydrogen) atoms. The summed E-state index contributed by atoms with van der Waals surface area (Å²) in [6.45, 7) is 14.6. The number of hydrogen-bond donors (Lipinski definition) is 0. The highest BCUT2D eigenvalue weighted by atomic mass is 16.2. The standard InChI is InChI=1S/C15H21NO.C15H23N/c1-3-12(2)14-9-15(17)16(11-14)10-13-7-5-4-6-8-13;1-3-13(2)15-9-10-16(12-15)11-14-7-5-4-6-8-14/h4-8,12,14H,3,9-11H2,1-2H3;4-8,13,15H,3,9-12H2,1-2H3/t12-,14+;13-,15+/m00/s1. The van der Waals surface area contributed by atoms with Gasteiger partial charge in [0.1, 0.15) is 0 Å². The van der Waals surface area contributed by atoms with Crippen molar-refractivity contribution in [1.29, 1.82) is 0 Å². The molecule has 3 nitrogen and oxygen atoms in total. The Morgan fingerprint density at radius 3 is 1.91 bits per heavy atom. The Balaban J connectivity index is 0.000000186. The van der Waals surface area contributed by atoms with Gasteiger partial charge in [0.05, 0.1) is 0 Å². The van der Waals surface area contributed by atoms with Crippen LogP contribution in [-0.4, -0.2) is 35.3 Å². The van der Waals surface area contributed by atoms with Crippen molar-refractivity contribution < 1.29 is 4.79 Å². The van der Waals surface area contributed by atoms with E-state index >= 15 is 0 Å². The third-order valence-corrected chi connectivity index (χ3v) is 7.92. The quantitative estimate of drug-likeness (QED) is 0.452. The molecule has 2 aliphatic rings. The van der Waals surface area contributed by atoms with Crippen molar-refractivity contribution in [1.82, 2.24) is 9.80 Å². The third kappa shape index (κ3) is 7.71. The summed E-state index contributed by atoms with van der Waals surface area (Å²) in [5.41, 5.74) is 2.68. The molecule has 0 N–H and O–H groups in total. The van der Waals surface area contributed by atoms with Gasteiger partial charge in [-0.05, 0) is 47.8 Å². The van der Waals surface area contributed by atoms with Crippen molar-refractivity contribution in [2.24, 2.45) is 23.7 Å². The number of likely N-dealkylation sites (tertiary alicyclic amines) is 2. The first-order chi connectivity index (χ1) is 16.0. The van der Waals surface area contributed by atoms with Gasteiger partial charge < -0.3 is 4.90 Å². The maximum atomic E-state index is 11.9. The van der Waals surface area contributed by atoms with Crippen LogP contribution in [0.1, 0.15) is 64.5 Å². The van der Waals surface area contributed by atoms with E-state index in [1.54, 1.807) is 0 Å². The first kappa shape index (κ1) is 25.5. The van der Waals surface area contributed by atoms with Crippen molar-refractivity contribution in [3.8, 4) is 0 Å². The fraction of sp³-hybridized carbons (Fsp3) is 0.567. The predicted octanol–water partition coefficient (Wildman–Crippen LogP) is 6.64. The van der Waals surface area contributed by atoms with Gasteiger partial charge in [-0.15, -0.1) is 0 Å². The topological polar surface area (TPSA) is 23.6 Å². The number of rotatable bonds is 8. The molecule has 0 unspecified atom stereocenters. The molecule has 2 aliphatic heterocycles. The maximum Gasteiger partial charge on any atom is 0.223 e. The number of amides is 1. The van der Waals surface area contributed by atoms with Gasteiger partial charge in [-0.1, -0.05) is 101 Å². The van der Waals surface area contributed by atoms with Crippen LogP contribution in [0, 0.1) is 23.7 Å². The lowest BCUT2D eigenvalue weighted by Crippen LogP contribution is -2.25.